The summed E-state index contributed by atoms with van der Waals surface area (Å²) in [6.45, 7) is 1.77. The molecular weight excluding hydrogens is 238 g/mol. The second kappa shape index (κ2) is 5.44. The third-order valence-corrected chi connectivity index (χ3v) is 2.88. The van der Waals surface area contributed by atoms with Crippen LogP contribution in [0.3, 0.4) is 0 Å². The molecule has 0 radical (unpaired) electrons. The number of pyridine rings is 1. The van der Waals surface area contributed by atoms with E-state index in [0.717, 1.165) is 4.90 Å². The SMILES string of the molecule is Cc1nc(NC(=O)CSc2ccncc2)n[nH]1. The molecule has 0 aromatic carbocycles. The Bertz CT molecular complexity index is 498. The zero-order valence-electron chi connectivity index (χ0n) is 9.17. The monoisotopic (exact) mass is 249 g/mol. The van der Waals surface area contributed by atoms with Crippen LogP contribution in [0.15, 0.2) is 29.4 Å². The molecule has 0 saturated carbocycles. The summed E-state index contributed by atoms with van der Waals surface area (Å²) in [5.41, 5.74) is 0. The maximum atomic E-state index is 11.6. The smallest absolute Gasteiger partial charge is 0.248 e. The Balaban J connectivity index is 1.82. The lowest BCUT2D eigenvalue weighted by Crippen LogP contribution is -2.15. The van der Waals surface area contributed by atoms with Crippen LogP contribution in [0, 0.1) is 6.92 Å². The highest BCUT2D eigenvalue weighted by Crippen LogP contribution is 2.15. The van der Waals surface area contributed by atoms with Crippen LogP contribution in [0.5, 0.6) is 0 Å². The van der Waals surface area contributed by atoms with E-state index in [1.165, 1.54) is 11.8 Å². The standard InChI is InChI=1S/C10H11N5OS/c1-7-12-10(15-14-7)13-9(16)6-17-8-2-4-11-5-3-8/h2-5H,6H2,1H3,(H2,12,13,14,15,16). The van der Waals surface area contributed by atoms with Gasteiger partial charge in [0.15, 0.2) is 0 Å². The molecule has 0 aliphatic heterocycles. The summed E-state index contributed by atoms with van der Waals surface area (Å²) in [5.74, 6) is 1.16. The van der Waals surface area contributed by atoms with Gasteiger partial charge in [0.25, 0.3) is 0 Å². The Kier molecular flexibility index (Phi) is 3.71. The minimum Gasteiger partial charge on any atom is -0.292 e. The summed E-state index contributed by atoms with van der Waals surface area (Å²) < 4.78 is 0. The molecular formula is C10H11N5OS. The summed E-state index contributed by atoms with van der Waals surface area (Å²) in [5, 5.41) is 9.08. The summed E-state index contributed by atoms with van der Waals surface area (Å²) in [4.78, 5) is 20.4. The number of aromatic nitrogens is 4. The number of hydrogen-bond donors (Lipinski definition) is 2. The van der Waals surface area contributed by atoms with E-state index in [2.05, 4.69) is 25.5 Å². The van der Waals surface area contributed by atoms with Crippen molar-refractivity contribution >= 4 is 23.6 Å². The molecule has 0 bridgehead atoms. The maximum absolute atomic E-state index is 11.6. The van der Waals surface area contributed by atoms with Crippen LogP contribution in [0.2, 0.25) is 0 Å². The van der Waals surface area contributed by atoms with Gasteiger partial charge in [0, 0.05) is 17.3 Å². The molecule has 0 aliphatic rings. The minimum absolute atomic E-state index is 0.134. The summed E-state index contributed by atoms with van der Waals surface area (Å²) in [7, 11) is 0. The minimum atomic E-state index is -0.134. The van der Waals surface area contributed by atoms with E-state index in [1.54, 1.807) is 19.3 Å². The molecule has 2 aromatic heterocycles. The number of carbonyl (C=O) groups excluding carboxylic acids is 1. The summed E-state index contributed by atoms with van der Waals surface area (Å²) >= 11 is 1.44. The highest BCUT2D eigenvalue weighted by Gasteiger charge is 2.06. The third-order valence-electron chi connectivity index (χ3n) is 1.87. The van der Waals surface area contributed by atoms with E-state index in [9.17, 15) is 4.79 Å². The first-order valence-corrected chi connectivity index (χ1v) is 5.94. The largest absolute Gasteiger partial charge is 0.292 e. The molecule has 17 heavy (non-hydrogen) atoms. The number of rotatable bonds is 4. The van der Waals surface area contributed by atoms with Gasteiger partial charge in [-0.2, -0.15) is 4.98 Å². The molecule has 2 aromatic rings. The van der Waals surface area contributed by atoms with E-state index in [-0.39, 0.29) is 5.91 Å². The highest BCUT2D eigenvalue weighted by molar-refractivity contribution is 8.00. The summed E-state index contributed by atoms with van der Waals surface area (Å²) in [6, 6.07) is 3.71. The average Bonchev–Trinajstić information content (AvgIpc) is 2.73. The van der Waals surface area contributed by atoms with E-state index in [4.69, 9.17) is 0 Å². The van der Waals surface area contributed by atoms with Gasteiger partial charge in [0.2, 0.25) is 11.9 Å². The molecule has 0 unspecified atom stereocenters. The lowest BCUT2D eigenvalue weighted by atomic mass is 10.5. The molecule has 0 atom stereocenters. The van der Waals surface area contributed by atoms with Gasteiger partial charge in [0.1, 0.15) is 5.82 Å². The first-order chi connectivity index (χ1) is 8.24. The van der Waals surface area contributed by atoms with Gasteiger partial charge in [-0.25, -0.2) is 0 Å². The summed E-state index contributed by atoms with van der Waals surface area (Å²) in [6.07, 6.45) is 3.39. The topological polar surface area (TPSA) is 83.6 Å². The van der Waals surface area contributed by atoms with Crippen LogP contribution in [0.25, 0.3) is 0 Å². The number of aromatic amines is 1. The number of H-pyrrole nitrogens is 1. The number of hydrogen-bond acceptors (Lipinski definition) is 5. The molecule has 6 nitrogen and oxygen atoms in total. The Morgan fingerprint density at radius 3 is 2.88 bits per heavy atom. The fourth-order valence-corrected chi connectivity index (χ4v) is 1.83. The van der Waals surface area contributed by atoms with Gasteiger partial charge in [-0.3, -0.25) is 20.2 Å². The number of aryl methyl sites for hydroxylation is 1. The fraction of sp³-hybridized carbons (Fsp3) is 0.200. The molecule has 0 aliphatic carbocycles. The molecule has 7 heteroatoms. The molecule has 0 fully saturated rings. The van der Waals surface area contributed by atoms with Crippen molar-refractivity contribution in [1.82, 2.24) is 20.2 Å². The fourth-order valence-electron chi connectivity index (χ4n) is 1.14. The molecule has 2 rings (SSSR count). The predicted octanol–water partition coefficient (Wildman–Crippen LogP) is 1.24. The normalized spacial score (nSPS) is 10.2. The predicted molar refractivity (Wildman–Crippen MR) is 64.7 cm³/mol. The van der Waals surface area contributed by atoms with Crippen LogP contribution >= 0.6 is 11.8 Å². The second-order valence-corrected chi connectivity index (χ2v) is 4.31. The van der Waals surface area contributed by atoms with Crippen LogP contribution < -0.4 is 5.32 Å². The van der Waals surface area contributed by atoms with Gasteiger partial charge >= 0.3 is 0 Å². The average molecular weight is 249 g/mol. The Labute approximate surface area is 102 Å². The molecule has 0 spiro atoms. The zero-order valence-corrected chi connectivity index (χ0v) is 9.99. The maximum Gasteiger partial charge on any atom is 0.248 e. The van der Waals surface area contributed by atoms with E-state index in [1.807, 2.05) is 12.1 Å². The van der Waals surface area contributed by atoms with Crippen molar-refractivity contribution in [2.24, 2.45) is 0 Å². The quantitative estimate of drug-likeness (QED) is 0.796. The molecule has 2 heterocycles. The van der Waals surface area contributed by atoms with Gasteiger partial charge in [-0.15, -0.1) is 16.9 Å². The number of amides is 1. The second-order valence-electron chi connectivity index (χ2n) is 3.26. The number of carbonyl (C=O) groups is 1. The number of nitrogens with zero attached hydrogens (tertiary/aromatic N) is 3. The Hall–Kier alpha value is -1.89. The third kappa shape index (κ3) is 3.56. The van der Waals surface area contributed by atoms with E-state index in [0.29, 0.717) is 17.5 Å². The van der Waals surface area contributed by atoms with Crippen molar-refractivity contribution in [1.29, 1.82) is 0 Å². The van der Waals surface area contributed by atoms with Crippen molar-refractivity contribution in [2.45, 2.75) is 11.8 Å². The highest BCUT2D eigenvalue weighted by atomic mass is 32.2. The zero-order chi connectivity index (χ0) is 12.1. The number of thioether (sulfide) groups is 1. The van der Waals surface area contributed by atoms with Gasteiger partial charge in [-0.1, -0.05) is 0 Å². The van der Waals surface area contributed by atoms with Gasteiger partial charge in [-0.05, 0) is 19.1 Å². The molecule has 0 saturated heterocycles. The van der Waals surface area contributed by atoms with Crippen LogP contribution in [-0.4, -0.2) is 31.8 Å². The van der Waals surface area contributed by atoms with Crippen molar-refractivity contribution in [2.75, 3.05) is 11.1 Å². The van der Waals surface area contributed by atoms with E-state index < -0.39 is 0 Å². The molecule has 2 N–H and O–H groups in total. The molecule has 1 amide bonds. The van der Waals surface area contributed by atoms with Crippen molar-refractivity contribution in [3.05, 3.63) is 30.4 Å². The first-order valence-electron chi connectivity index (χ1n) is 4.96. The van der Waals surface area contributed by atoms with Crippen molar-refractivity contribution in [3.63, 3.8) is 0 Å². The Morgan fingerprint density at radius 1 is 1.47 bits per heavy atom. The van der Waals surface area contributed by atoms with Crippen molar-refractivity contribution in [3.8, 4) is 0 Å². The lowest BCUT2D eigenvalue weighted by molar-refractivity contribution is -0.113. The van der Waals surface area contributed by atoms with Crippen LogP contribution in [-0.2, 0) is 4.79 Å². The lowest BCUT2D eigenvalue weighted by Gasteiger charge is -2.00. The number of anilines is 1. The van der Waals surface area contributed by atoms with Crippen LogP contribution in [0.4, 0.5) is 5.95 Å². The van der Waals surface area contributed by atoms with Gasteiger partial charge in [0.05, 0.1) is 5.75 Å². The van der Waals surface area contributed by atoms with Gasteiger partial charge < -0.3 is 0 Å². The Morgan fingerprint density at radius 2 is 2.24 bits per heavy atom. The first kappa shape index (κ1) is 11.6. The van der Waals surface area contributed by atoms with Crippen LogP contribution in [0.1, 0.15) is 5.82 Å². The van der Waals surface area contributed by atoms with E-state index >= 15 is 0 Å². The number of nitrogens with one attached hydrogen (secondary N) is 2. The molecule has 88 valence electrons. The van der Waals surface area contributed by atoms with Crippen molar-refractivity contribution < 1.29 is 4.79 Å².